The number of hydrogen-bond acceptors (Lipinski definition) is 4. The number of hydrogen-bond donors (Lipinski definition) is 2. The van der Waals surface area contributed by atoms with Crippen molar-refractivity contribution >= 4 is 17.7 Å². The number of primary amides is 1. The highest BCUT2D eigenvalue weighted by Crippen LogP contribution is 2.28. The van der Waals surface area contributed by atoms with Gasteiger partial charge in [-0.15, -0.1) is 0 Å². The number of rotatable bonds is 5. The van der Waals surface area contributed by atoms with Crippen molar-refractivity contribution in [1.82, 2.24) is 10.2 Å². The summed E-state index contributed by atoms with van der Waals surface area (Å²) in [5, 5.41) is 2.69. The van der Waals surface area contributed by atoms with E-state index >= 15 is 0 Å². The van der Waals surface area contributed by atoms with Gasteiger partial charge in [0.05, 0.1) is 13.0 Å². The van der Waals surface area contributed by atoms with Crippen molar-refractivity contribution in [3.05, 3.63) is 29.8 Å². The van der Waals surface area contributed by atoms with E-state index in [1.807, 2.05) is 0 Å². The Morgan fingerprint density at radius 3 is 2.67 bits per heavy atom. The molecule has 0 unspecified atom stereocenters. The summed E-state index contributed by atoms with van der Waals surface area (Å²) in [4.78, 5) is 37.6. The lowest BCUT2D eigenvalue weighted by Gasteiger charge is -2.34. The molecule has 1 aliphatic rings. The Balaban J connectivity index is 2.28. The molecule has 0 radical (unpaired) electrons. The van der Waals surface area contributed by atoms with E-state index in [0.29, 0.717) is 30.7 Å². The van der Waals surface area contributed by atoms with E-state index in [4.69, 9.17) is 10.5 Å². The Morgan fingerprint density at radius 2 is 2.04 bits per heavy atom. The molecule has 1 heterocycles. The van der Waals surface area contributed by atoms with Crippen LogP contribution in [0, 0.1) is 5.92 Å². The molecule has 24 heavy (non-hydrogen) atoms. The molecular weight excluding hydrogens is 310 g/mol. The van der Waals surface area contributed by atoms with Gasteiger partial charge in [0.15, 0.2) is 0 Å². The van der Waals surface area contributed by atoms with Gasteiger partial charge in [-0.1, -0.05) is 18.2 Å². The van der Waals surface area contributed by atoms with Gasteiger partial charge in [0.2, 0.25) is 17.7 Å². The SMILES string of the molecule is COc1ccccc1[C@H](NC(C)=O)C(=O)N1CCC[C@H](C(N)=O)C1. The first kappa shape index (κ1) is 17.8. The minimum atomic E-state index is -0.856. The van der Waals surface area contributed by atoms with Crippen LogP contribution in [0.15, 0.2) is 24.3 Å². The molecule has 1 aromatic carbocycles. The van der Waals surface area contributed by atoms with Crippen molar-refractivity contribution in [3.8, 4) is 5.75 Å². The number of likely N-dealkylation sites (tertiary alicyclic amines) is 1. The predicted octanol–water partition coefficient (Wildman–Crippen LogP) is 0.596. The van der Waals surface area contributed by atoms with Crippen LogP contribution in [0.4, 0.5) is 0 Å². The van der Waals surface area contributed by atoms with Crippen molar-refractivity contribution in [2.75, 3.05) is 20.2 Å². The van der Waals surface area contributed by atoms with Crippen LogP contribution in [0.2, 0.25) is 0 Å². The van der Waals surface area contributed by atoms with E-state index in [9.17, 15) is 14.4 Å². The first-order valence-corrected chi connectivity index (χ1v) is 7.92. The number of carbonyl (C=O) groups is 3. The molecule has 0 spiro atoms. The third kappa shape index (κ3) is 4.04. The zero-order valence-electron chi connectivity index (χ0n) is 14.0. The number of ether oxygens (including phenoxy) is 1. The first-order chi connectivity index (χ1) is 11.4. The maximum Gasteiger partial charge on any atom is 0.249 e. The first-order valence-electron chi connectivity index (χ1n) is 7.92. The maximum absolute atomic E-state index is 13.0. The highest BCUT2D eigenvalue weighted by atomic mass is 16.5. The Hall–Kier alpha value is -2.57. The topological polar surface area (TPSA) is 102 Å². The van der Waals surface area contributed by atoms with Crippen LogP contribution in [-0.2, 0) is 14.4 Å². The van der Waals surface area contributed by atoms with Gasteiger partial charge < -0.3 is 20.7 Å². The number of piperidine rings is 1. The summed E-state index contributed by atoms with van der Waals surface area (Å²) in [6.07, 6.45) is 1.39. The highest BCUT2D eigenvalue weighted by Gasteiger charge is 2.33. The Kier molecular flexibility index (Phi) is 5.78. The number of benzene rings is 1. The number of carbonyl (C=O) groups excluding carboxylic acids is 3. The number of methoxy groups -OCH3 is 1. The summed E-state index contributed by atoms with van der Waals surface area (Å²) in [7, 11) is 1.51. The summed E-state index contributed by atoms with van der Waals surface area (Å²) in [6.45, 7) is 2.17. The average molecular weight is 333 g/mol. The number of para-hydroxylation sites is 1. The Labute approximate surface area is 141 Å². The summed E-state index contributed by atoms with van der Waals surface area (Å²) < 4.78 is 5.31. The number of amides is 3. The number of nitrogens with two attached hydrogens (primary N) is 1. The van der Waals surface area contributed by atoms with Gasteiger partial charge in [0.1, 0.15) is 11.8 Å². The van der Waals surface area contributed by atoms with E-state index in [1.165, 1.54) is 14.0 Å². The summed E-state index contributed by atoms with van der Waals surface area (Å²) in [6, 6.07) is 6.20. The zero-order valence-corrected chi connectivity index (χ0v) is 14.0. The fourth-order valence-electron chi connectivity index (χ4n) is 2.97. The van der Waals surface area contributed by atoms with Gasteiger partial charge in [-0.2, -0.15) is 0 Å². The van der Waals surface area contributed by atoms with Crippen LogP contribution >= 0.6 is 0 Å². The minimum absolute atomic E-state index is 0.263. The fourth-order valence-corrected chi connectivity index (χ4v) is 2.97. The highest BCUT2D eigenvalue weighted by molar-refractivity contribution is 5.89. The van der Waals surface area contributed by atoms with E-state index in [0.717, 1.165) is 0 Å². The molecule has 1 fully saturated rings. The van der Waals surface area contributed by atoms with Crippen molar-refractivity contribution in [1.29, 1.82) is 0 Å². The van der Waals surface area contributed by atoms with Crippen LogP contribution in [0.3, 0.4) is 0 Å². The summed E-state index contributed by atoms with van der Waals surface area (Å²) in [5.41, 5.74) is 5.96. The minimum Gasteiger partial charge on any atom is -0.496 e. The van der Waals surface area contributed by atoms with E-state index in [1.54, 1.807) is 29.2 Å². The molecule has 2 rings (SSSR count). The van der Waals surface area contributed by atoms with Crippen LogP contribution in [0.25, 0.3) is 0 Å². The molecule has 130 valence electrons. The molecule has 2 atom stereocenters. The smallest absolute Gasteiger partial charge is 0.249 e. The van der Waals surface area contributed by atoms with Gasteiger partial charge in [0.25, 0.3) is 0 Å². The van der Waals surface area contributed by atoms with E-state index in [2.05, 4.69) is 5.32 Å². The molecule has 3 N–H and O–H groups in total. The van der Waals surface area contributed by atoms with Gasteiger partial charge in [0, 0.05) is 25.6 Å². The van der Waals surface area contributed by atoms with Crippen LogP contribution in [0.5, 0.6) is 5.75 Å². The third-order valence-corrected chi connectivity index (χ3v) is 4.18. The zero-order chi connectivity index (χ0) is 17.7. The van der Waals surface area contributed by atoms with E-state index < -0.39 is 11.9 Å². The second-order valence-corrected chi connectivity index (χ2v) is 5.90. The van der Waals surface area contributed by atoms with Gasteiger partial charge in [-0.05, 0) is 18.9 Å². The third-order valence-electron chi connectivity index (χ3n) is 4.18. The fraction of sp³-hybridized carbons (Fsp3) is 0.471. The molecule has 1 aliphatic heterocycles. The summed E-state index contributed by atoms with van der Waals surface area (Å²) >= 11 is 0. The molecular formula is C17H23N3O4. The predicted molar refractivity (Wildman–Crippen MR) is 88.1 cm³/mol. The van der Waals surface area contributed by atoms with Crippen LogP contribution in [0.1, 0.15) is 31.4 Å². The normalized spacial score (nSPS) is 18.6. The molecule has 1 saturated heterocycles. The lowest BCUT2D eigenvalue weighted by Crippen LogP contribution is -2.48. The molecule has 0 aliphatic carbocycles. The Morgan fingerprint density at radius 1 is 1.33 bits per heavy atom. The maximum atomic E-state index is 13.0. The largest absolute Gasteiger partial charge is 0.496 e. The van der Waals surface area contributed by atoms with Crippen molar-refractivity contribution < 1.29 is 19.1 Å². The molecule has 7 nitrogen and oxygen atoms in total. The molecule has 3 amide bonds. The molecule has 0 saturated carbocycles. The van der Waals surface area contributed by atoms with Gasteiger partial charge in [-0.3, -0.25) is 14.4 Å². The van der Waals surface area contributed by atoms with Crippen LogP contribution in [-0.4, -0.2) is 42.8 Å². The van der Waals surface area contributed by atoms with Crippen molar-refractivity contribution in [3.63, 3.8) is 0 Å². The average Bonchev–Trinajstić information content (AvgIpc) is 2.59. The number of nitrogens with zero attached hydrogens (tertiary/aromatic N) is 1. The molecule has 7 heteroatoms. The molecule has 0 aromatic heterocycles. The lowest BCUT2D eigenvalue weighted by atomic mass is 9.95. The quantitative estimate of drug-likeness (QED) is 0.823. The van der Waals surface area contributed by atoms with E-state index in [-0.39, 0.29) is 24.3 Å². The second kappa shape index (κ2) is 7.81. The van der Waals surface area contributed by atoms with Crippen molar-refractivity contribution in [2.24, 2.45) is 11.7 Å². The standard InChI is InChI=1S/C17H23N3O4/c1-11(21)19-15(13-7-3-4-8-14(13)24-2)17(23)20-9-5-6-12(10-20)16(18)22/h3-4,7-8,12,15H,5-6,9-10H2,1-2H3,(H2,18,22)(H,19,21)/t12-,15-/m0/s1. The molecule has 1 aromatic rings. The monoisotopic (exact) mass is 333 g/mol. The lowest BCUT2D eigenvalue weighted by molar-refractivity contribution is -0.139. The second-order valence-electron chi connectivity index (χ2n) is 5.90. The summed E-state index contributed by atoms with van der Waals surface area (Å²) in [5.74, 6) is -0.810. The van der Waals surface area contributed by atoms with Crippen molar-refractivity contribution in [2.45, 2.75) is 25.8 Å². The van der Waals surface area contributed by atoms with Gasteiger partial charge >= 0.3 is 0 Å². The molecule has 0 bridgehead atoms. The Bertz CT molecular complexity index is 632. The van der Waals surface area contributed by atoms with Gasteiger partial charge in [-0.25, -0.2) is 0 Å². The van der Waals surface area contributed by atoms with Crippen LogP contribution < -0.4 is 15.8 Å². The number of nitrogens with one attached hydrogen (secondary N) is 1.